The molecule has 8 heteroatoms. The Labute approximate surface area is 177 Å². The van der Waals surface area contributed by atoms with E-state index in [9.17, 15) is 4.79 Å². The molecule has 0 saturated heterocycles. The molecule has 3 aromatic heterocycles. The second-order valence-corrected chi connectivity index (χ2v) is 6.99. The predicted molar refractivity (Wildman–Crippen MR) is 117 cm³/mol. The van der Waals surface area contributed by atoms with Gasteiger partial charge in [0, 0.05) is 11.8 Å². The molecule has 2 aromatic carbocycles. The lowest BCUT2D eigenvalue weighted by Crippen LogP contribution is -2.22. The van der Waals surface area contributed by atoms with E-state index in [0.29, 0.717) is 34.7 Å². The molecule has 0 fully saturated rings. The highest BCUT2D eigenvalue weighted by atomic mass is 16.5. The minimum absolute atomic E-state index is 0.167. The van der Waals surface area contributed by atoms with Crippen molar-refractivity contribution in [3.63, 3.8) is 0 Å². The van der Waals surface area contributed by atoms with E-state index in [2.05, 4.69) is 15.1 Å². The number of aromatic nitrogens is 5. The summed E-state index contributed by atoms with van der Waals surface area (Å²) in [5.74, 6) is 1.82. The van der Waals surface area contributed by atoms with Crippen molar-refractivity contribution in [1.82, 2.24) is 24.1 Å². The lowest BCUT2D eigenvalue weighted by Gasteiger charge is -2.14. The standard InChI is InChI=1S/C23H19N5O3/c1-30-16-9-7-15(8-10-16)13-27-12-11-18-20(22(27)29)21(28-23(26-18)24-14-25-28)17-5-3-4-6-19(17)31-2/h3-12,14H,13H2,1-2H3. The zero-order valence-corrected chi connectivity index (χ0v) is 17.0. The van der Waals surface area contributed by atoms with Gasteiger partial charge in [-0.25, -0.2) is 4.98 Å². The Morgan fingerprint density at radius 1 is 0.968 bits per heavy atom. The molecular formula is C23H19N5O3. The van der Waals surface area contributed by atoms with Crippen molar-refractivity contribution in [2.24, 2.45) is 0 Å². The lowest BCUT2D eigenvalue weighted by atomic mass is 10.1. The maximum Gasteiger partial charge on any atom is 0.262 e. The highest BCUT2D eigenvalue weighted by Gasteiger charge is 2.19. The van der Waals surface area contributed by atoms with Gasteiger partial charge < -0.3 is 14.0 Å². The average Bonchev–Trinajstić information content (AvgIpc) is 3.28. The van der Waals surface area contributed by atoms with Gasteiger partial charge in [0.25, 0.3) is 11.3 Å². The maximum atomic E-state index is 13.6. The van der Waals surface area contributed by atoms with E-state index in [1.165, 1.54) is 6.33 Å². The van der Waals surface area contributed by atoms with E-state index < -0.39 is 0 Å². The van der Waals surface area contributed by atoms with Crippen LogP contribution >= 0.6 is 0 Å². The first-order valence-corrected chi connectivity index (χ1v) is 9.69. The largest absolute Gasteiger partial charge is 0.497 e. The first kappa shape index (κ1) is 18.8. The van der Waals surface area contributed by atoms with Crippen molar-refractivity contribution in [1.29, 1.82) is 0 Å². The third-order valence-electron chi connectivity index (χ3n) is 5.22. The molecule has 0 aliphatic rings. The van der Waals surface area contributed by atoms with Gasteiger partial charge in [0.05, 0.1) is 37.4 Å². The molecule has 5 rings (SSSR count). The minimum Gasteiger partial charge on any atom is -0.497 e. The smallest absolute Gasteiger partial charge is 0.262 e. The number of hydrogen-bond donors (Lipinski definition) is 0. The van der Waals surface area contributed by atoms with Gasteiger partial charge in [-0.2, -0.15) is 14.6 Å². The van der Waals surface area contributed by atoms with Gasteiger partial charge >= 0.3 is 0 Å². The molecule has 0 aliphatic heterocycles. The summed E-state index contributed by atoms with van der Waals surface area (Å²) >= 11 is 0. The van der Waals surface area contributed by atoms with Crippen molar-refractivity contribution < 1.29 is 9.47 Å². The Kier molecular flexibility index (Phi) is 4.59. The zero-order valence-electron chi connectivity index (χ0n) is 17.0. The van der Waals surface area contributed by atoms with Crippen LogP contribution in [-0.2, 0) is 6.54 Å². The van der Waals surface area contributed by atoms with Crippen LogP contribution < -0.4 is 15.0 Å². The quantitative estimate of drug-likeness (QED) is 0.440. The van der Waals surface area contributed by atoms with Crippen LogP contribution in [-0.4, -0.2) is 38.4 Å². The molecule has 0 N–H and O–H groups in total. The number of hydrogen-bond acceptors (Lipinski definition) is 6. The van der Waals surface area contributed by atoms with E-state index >= 15 is 0 Å². The van der Waals surface area contributed by atoms with Crippen LogP contribution in [0.4, 0.5) is 0 Å². The van der Waals surface area contributed by atoms with Crippen LogP contribution in [0.2, 0.25) is 0 Å². The summed E-state index contributed by atoms with van der Waals surface area (Å²) in [4.78, 5) is 22.4. The van der Waals surface area contributed by atoms with Crippen LogP contribution in [0.25, 0.3) is 27.9 Å². The number of para-hydroxylation sites is 1. The molecular weight excluding hydrogens is 394 g/mol. The van der Waals surface area contributed by atoms with Gasteiger partial charge in [0.2, 0.25) is 0 Å². The summed E-state index contributed by atoms with van der Waals surface area (Å²) in [6, 6.07) is 17.0. The number of fused-ring (bicyclic) bond motifs is 2. The van der Waals surface area contributed by atoms with Crippen LogP contribution in [0.5, 0.6) is 11.5 Å². The van der Waals surface area contributed by atoms with E-state index in [0.717, 1.165) is 16.9 Å². The van der Waals surface area contributed by atoms with Gasteiger partial charge in [-0.1, -0.05) is 24.3 Å². The molecule has 0 saturated carbocycles. The molecule has 154 valence electrons. The van der Waals surface area contributed by atoms with Crippen molar-refractivity contribution in [3.8, 4) is 22.8 Å². The van der Waals surface area contributed by atoms with E-state index in [4.69, 9.17) is 9.47 Å². The number of ether oxygens (including phenoxy) is 2. The van der Waals surface area contributed by atoms with Crippen molar-refractivity contribution >= 4 is 16.7 Å². The van der Waals surface area contributed by atoms with Crippen LogP contribution in [0.1, 0.15) is 5.56 Å². The molecule has 8 nitrogen and oxygen atoms in total. The SMILES string of the molecule is COc1ccc(Cn2ccc3nc4ncnn4c(-c4ccccc4OC)c3c2=O)cc1. The molecule has 31 heavy (non-hydrogen) atoms. The second-order valence-electron chi connectivity index (χ2n) is 6.99. The molecule has 0 amide bonds. The minimum atomic E-state index is -0.167. The predicted octanol–water partition coefficient (Wildman–Crippen LogP) is 3.17. The fraction of sp³-hybridized carbons (Fsp3) is 0.130. The third-order valence-corrected chi connectivity index (χ3v) is 5.22. The fourth-order valence-electron chi connectivity index (χ4n) is 3.70. The molecule has 0 atom stereocenters. The maximum absolute atomic E-state index is 13.6. The number of rotatable bonds is 5. The molecule has 3 heterocycles. The Balaban J connectivity index is 1.76. The van der Waals surface area contributed by atoms with Crippen molar-refractivity contribution in [2.45, 2.75) is 6.54 Å². The summed E-state index contributed by atoms with van der Waals surface area (Å²) in [5.41, 5.74) is 2.71. The normalized spacial score (nSPS) is 11.2. The van der Waals surface area contributed by atoms with Crippen LogP contribution in [0, 0.1) is 0 Å². The van der Waals surface area contributed by atoms with Gasteiger partial charge in [-0.05, 0) is 35.9 Å². The Bertz CT molecular complexity index is 1450. The second kappa shape index (κ2) is 7.56. The van der Waals surface area contributed by atoms with E-state index in [1.807, 2.05) is 54.6 Å². The molecule has 0 radical (unpaired) electrons. The van der Waals surface area contributed by atoms with Gasteiger partial charge in [0.15, 0.2) is 0 Å². The summed E-state index contributed by atoms with van der Waals surface area (Å²) < 4.78 is 14.0. The molecule has 0 unspecified atom stereocenters. The Hall–Kier alpha value is -4.20. The highest BCUT2D eigenvalue weighted by molar-refractivity contribution is 5.94. The molecule has 0 spiro atoms. The number of benzene rings is 2. The first-order chi connectivity index (χ1) is 15.2. The Morgan fingerprint density at radius 2 is 1.77 bits per heavy atom. The van der Waals surface area contributed by atoms with E-state index in [1.54, 1.807) is 29.5 Å². The summed E-state index contributed by atoms with van der Waals surface area (Å²) in [6.07, 6.45) is 3.18. The topological polar surface area (TPSA) is 83.5 Å². The van der Waals surface area contributed by atoms with Crippen molar-refractivity contribution in [2.75, 3.05) is 14.2 Å². The van der Waals surface area contributed by atoms with Gasteiger partial charge in [0.1, 0.15) is 17.8 Å². The van der Waals surface area contributed by atoms with Gasteiger partial charge in [-0.15, -0.1) is 0 Å². The molecule has 0 aliphatic carbocycles. The number of nitrogens with zero attached hydrogens (tertiary/aromatic N) is 5. The first-order valence-electron chi connectivity index (χ1n) is 9.69. The third kappa shape index (κ3) is 3.18. The van der Waals surface area contributed by atoms with Gasteiger partial charge in [-0.3, -0.25) is 4.79 Å². The summed E-state index contributed by atoms with van der Waals surface area (Å²) in [6.45, 7) is 0.416. The van der Waals surface area contributed by atoms with Crippen molar-refractivity contribution in [3.05, 3.63) is 83.0 Å². The Morgan fingerprint density at radius 3 is 2.55 bits per heavy atom. The fourth-order valence-corrected chi connectivity index (χ4v) is 3.70. The van der Waals surface area contributed by atoms with E-state index in [-0.39, 0.29) is 5.56 Å². The lowest BCUT2D eigenvalue weighted by molar-refractivity contribution is 0.414. The monoisotopic (exact) mass is 413 g/mol. The summed E-state index contributed by atoms with van der Waals surface area (Å²) in [7, 11) is 3.23. The van der Waals surface area contributed by atoms with Crippen LogP contribution in [0.3, 0.4) is 0 Å². The van der Waals surface area contributed by atoms with Crippen LogP contribution in [0.15, 0.2) is 71.9 Å². The molecule has 5 aromatic rings. The summed E-state index contributed by atoms with van der Waals surface area (Å²) in [5, 5.41) is 4.78. The molecule has 0 bridgehead atoms. The highest BCUT2D eigenvalue weighted by Crippen LogP contribution is 2.33. The average molecular weight is 413 g/mol. The number of pyridine rings is 1. The zero-order chi connectivity index (χ0) is 21.4. The number of methoxy groups -OCH3 is 2.